The number of nitrogens with one attached hydrogen (secondary N) is 1. The second kappa shape index (κ2) is 7.48. The lowest BCUT2D eigenvalue weighted by atomic mass is 10.1. The Morgan fingerprint density at radius 1 is 1.37 bits per heavy atom. The summed E-state index contributed by atoms with van der Waals surface area (Å²) in [6.45, 7) is 5.11. The van der Waals surface area contributed by atoms with E-state index in [0.29, 0.717) is 25.9 Å². The molecule has 4 heteroatoms. The van der Waals surface area contributed by atoms with Gasteiger partial charge in [-0.05, 0) is 25.0 Å². The van der Waals surface area contributed by atoms with E-state index in [9.17, 15) is 0 Å². The van der Waals surface area contributed by atoms with Crippen LogP contribution in [0.4, 0.5) is 0 Å². The first-order chi connectivity index (χ1) is 9.29. The lowest BCUT2D eigenvalue weighted by molar-refractivity contribution is -0.0869. The molecule has 1 aliphatic rings. The first-order valence-corrected chi connectivity index (χ1v) is 6.84. The Labute approximate surface area is 115 Å². The average molecular weight is 265 g/mol. The molecule has 2 atom stereocenters. The summed E-state index contributed by atoms with van der Waals surface area (Å²) >= 11 is 0. The van der Waals surface area contributed by atoms with Gasteiger partial charge in [-0.2, -0.15) is 0 Å². The van der Waals surface area contributed by atoms with Gasteiger partial charge in [-0.15, -0.1) is 0 Å². The van der Waals surface area contributed by atoms with Gasteiger partial charge in [0, 0.05) is 12.6 Å². The van der Waals surface area contributed by atoms with Crippen molar-refractivity contribution in [2.24, 2.45) is 0 Å². The van der Waals surface area contributed by atoms with E-state index in [1.54, 1.807) is 7.11 Å². The predicted octanol–water partition coefficient (Wildman–Crippen LogP) is 1.63. The van der Waals surface area contributed by atoms with Crippen molar-refractivity contribution in [1.29, 1.82) is 0 Å². The number of para-hydroxylation sites is 1. The molecule has 1 aromatic rings. The van der Waals surface area contributed by atoms with Crippen molar-refractivity contribution in [3.63, 3.8) is 0 Å². The molecule has 2 rings (SSSR count). The van der Waals surface area contributed by atoms with Crippen molar-refractivity contribution in [3.05, 3.63) is 29.8 Å². The summed E-state index contributed by atoms with van der Waals surface area (Å²) in [5, 5.41) is 3.49. The third-order valence-electron chi connectivity index (χ3n) is 3.30. The van der Waals surface area contributed by atoms with Crippen LogP contribution in [-0.2, 0) is 15.9 Å². The summed E-state index contributed by atoms with van der Waals surface area (Å²) < 4.78 is 16.4. The van der Waals surface area contributed by atoms with Crippen molar-refractivity contribution in [1.82, 2.24) is 5.32 Å². The summed E-state index contributed by atoms with van der Waals surface area (Å²) in [5.41, 5.74) is 1.23. The third-order valence-corrected chi connectivity index (χ3v) is 3.30. The SMILES string of the molecule is COc1ccccc1CC(C)NCC1COCCO1. The molecule has 0 aromatic heterocycles. The van der Waals surface area contributed by atoms with Gasteiger partial charge in [0.25, 0.3) is 0 Å². The first-order valence-electron chi connectivity index (χ1n) is 6.84. The van der Waals surface area contributed by atoms with Crippen molar-refractivity contribution in [2.45, 2.75) is 25.5 Å². The van der Waals surface area contributed by atoms with Crippen LogP contribution >= 0.6 is 0 Å². The molecule has 2 unspecified atom stereocenters. The minimum atomic E-state index is 0.175. The fraction of sp³-hybridized carbons (Fsp3) is 0.600. The van der Waals surface area contributed by atoms with E-state index in [1.807, 2.05) is 18.2 Å². The number of rotatable bonds is 6. The number of methoxy groups -OCH3 is 1. The first kappa shape index (κ1) is 14.3. The molecular weight excluding hydrogens is 242 g/mol. The molecular formula is C15H23NO3. The Kier molecular flexibility index (Phi) is 5.63. The Bertz CT molecular complexity index is 377. The Morgan fingerprint density at radius 3 is 2.95 bits per heavy atom. The van der Waals surface area contributed by atoms with Crippen LogP contribution in [0.3, 0.4) is 0 Å². The second-order valence-corrected chi connectivity index (χ2v) is 4.89. The molecule has 0 bridgehead atoms. The van der Waals surface area contributed by atoms with Gasteiger partial charge < -0.3 is 19.5 Å². The van der Waals surface area contributed by atoms with E-state index >= 15 is 0 Å². The van der Waals surface area contributed by atoms with E-state index in [1.165, 1.54) is 5.56 Å². The van der Waals surface area contributed by atoms with Crippen molar-refractivity contribution < 1.29 is 14.2 Å². The summed E-state index contributed by atoms with van der Waals surface area (Å²) in [5.74, 6) is 0.952. The van der Waals surface area contributed by atoms with E-state index in [2.05, 4.69) is 18.3 Å². The molecule has 19 heavy (non-hydrogen) atoms. The van der Waals surface area contributed by atoms with Crippen LogP contribution in [0.15, 0.2) is 24.3 Å². The predicted molar refractivity (Wildman–Crippen MR) is 74.7 cm³/mol. The van der Waals surface area contributed by atoms with Crippen LogP contribution in [0.1, 0.15) is 12.5 Å². The largest absolute Gasteiger partial charge is 0.496 e. The lowest BCUT2D eigenvalue weighted by Crippen LogP contribution is -2.41. The highest BCUT2D eigenvalue weighted by atomic mass is 16.6. The van der Waals surface area contributed by atoms with E-state index in [-0.39, 0.29) is 6.10 Å². The number of hydrogen-bond donors (Lipinski definition) is 1. The maximum absolute atomic E-state index is 5.61. The standard InChI is InChI=1S/C15H23NO3/c1-12(16-10-14-11-18-7-8-19-14)9-13-5-3-4-6-15(13)17-2/h3-6,12,14,16H,7-11H2,1-2H3. The molecule has 0 aliphatic carbocycles. The smallest absolute Gasteiger partial charge is 0.122 e. The number of ether oxygens (including phenoxy) is 3. The van der Waals surface area contributed by atoms with Gasteiger partial charge in [0.2, 0.25) is 0 Å². The highest BCUT2D eigenvalue weighted by Crippen LogP contribution is 2.18. The maximum Gasteiger partial charge on any atom is 0.122 e. The summed E-state index contributed by atoms with van der Waals surface area (Å²) in [6, 6.07) is 8.52. The molecule has 0 radical (unpaired) electrons. The average Bonchev–Trinajstić information content (AvgIpc) is 2.47. The Balaban J connectivity index is 1.78. The van der Waals surface area contributed by atoms with Crippen LogP contribution in [0.5, 0.6) is 5.75 Å². The van der Waals surface area contributed by atoms with Crippen molar-refractivity contribution >= 4 is 0 Å². The summed E-state index contributed by atoms with van der Waals surface area (Å²) in [6.07, 6.45) is 1.12. The van der Waals surface area contributed by atoms with Crippen molar-refractivity contribution in [2.75, 3.05) is 33.5 Å². The van der Waals surface area contributed by atoms with Gasteiger partial charge in [0.15, 0.2) is 0 Å². The van der Waals surface area contributed by atoms with Crippen LogP contribution in [0.25, 0.3) is 0 Å². The van der Waals surface area contributed by atoms with Gasteiger partial charge in [-0.25, -0.2) is 0 Å². The molecule has 0 amide bonds. The molecule has 1 saturated heterocycles. The van der Waals surface area contributed by atoms with Crippen LogP contribution in [0.2, 0.25) is 0 Å². The fourth-order valence-electron chi connectivity index (χ4n) is 2.26. The lowest BCUT2D eigenvalue weighted by Gasteiger charge is -2.25. The Morgan fingerprint density at radius 2 is 2.21 bits per heavy atom. The molecule has 0 saturated carbocycles. The fourth-order valence-corrected chi connectivity index (χ4v) is 2.26. The molecule has 1 N–H and O–H groups in total. The van der Waals surface area contributed by atoms with Gasteiger partial charge >= 0.3 is 0 Å². The maximum atomic E-state index is 5.61. The quantitative estimate of drug-likeness (QED) is 0.848. The number of benzene rings is 1. The summed E-state index contributed by atoms with van der Waals surface area (Å²) in [7, 11) is 1.71. The van der Waals surface area contributed by atoms with Crippen LogP contribution < -0.4 is 10.1 Å². The van der Waals surface area contributed by atoms with Gasteiger partial charge in [-0.3, -0.25) is 0 Å². The molecule has 1 aliphatic heterocycles. The normalized spacial score (nSPS) is 21.1. The second-order valence-electron chi connectivity index (χ2n) is 4.89. The van der Waals surface area contributed by atoms with Crippen LogP contribution in [0, 0.1) is 0 Å². The topological polar surface area (TPSA) is 39.7 Å². The minimum Gasteiger partial charge on any atom is -0.496 e. The zero-order valence-corrected chi connectivity index (χ0v) is 11.7. The zero-order chi connectivity index (χ0) is 13.5. The Hall–Kier alpha value is -1.10. The van der Waals surface area contributed by atoms with Crippen LogP contribution in [-0.4, -0.2) is 45.6 Å². The van der Waals surface area contributed by atoms with Gasteiger partial charge in [-0.1, -0.05) is 18.2 Å². The monoisotopic (exact) mass is 265 g/mol. The summed E-state index contributed by atoms with van der Waals surface area (Å²) in [4.78, 5) is 0. The van der Waals surface area contributed by atoms with Gasteiger partial charge in [0.05, 0.1) is 33.0 Å². The van der Waals surface area contributed by atoms with Crippen molar-refractivity contribution in [3.8, 4) is 5.75 Å². The number of hydrogen-bond acceptors (Lipinski definition) is 4. The van der Waals surface area contributed by atoms with E-state index in [0.717, 1.165) is 18.7 Å². The highest BCUT2D eigenvalue weighted by Gasteiger charge is 2.15. The van der Waals surface area contributed by atoms with E-state index in [4.69, 9.17) is 14.2 Å². The molecule has 106 valence electrons. The molecule has 0 spiro atoms. The molecule has 4 nitrogen and oxygen atoms in total. The molecule has 1 aromatic carbocycles. The molecule has 1 heterocycles. The molecule has 1 fully saturated rings. The third kappa shape index (κ3) is 4.49. The highest BCUT2D eigenvalue weighted by molar-refractivity contribution is 5.33. The zero-order valence-electron chi connectivity index (χ0n) is 11.7. The van der Waals surface area contributed by atoms with E-state index < -0.39 is 0 Å². The van der Waals surface area contributed by atoms with Gasteiger partial charge in [0.1, 0.15) is 5.75 Å². The minimum absolute atomic E-state index is 0.175.